The van der Waals surface area contributed by atoms with Crippen LogP contribution < -0.4 is 10.1 Å². The highest BCUT2D eigenvalue weighted by atomic mass is 19.1. The first kappa shape index (κ1) is 25.0. The molecule has 1 N–H and O–H groups in total. The highest BCUT2D eigenvalue weighted by Crippen LogP contribution is 2.40. The maximum Gasteiger partial charge on any atom is 0.337 e. The van der Waals surface area contributed by atoms with Crippen LogP contribution in [0.15, 0.2) is 71.1 Å². The Morgan fingerprint density at radius 3 is 2.24 bits per heavy atom. The van der Waals surface area contributed by atoms with Gasteiger partial charge in [0.05, 0.1) is 23.2 Å². The second-order valence-corrected chi connectivity index (χ2v) is 8.05. The van der Waals surface area contributed by atoms with E-state index in [9.17, 15) is 18.4 Å². The first-order valence-corrected chi connectivity index (χ1v) is 10.9. The van der Waals surface area contributed by atoms with Crippen molar-refractivity contribution >= 4 is 11.9 Å². The number of rotatable bonds is 8. The van der Waals surface area contributed by atoms with E-state index in [1.54, 1.807) is 39.8 Å². The summed E-state index contributed by atoms with van der Waals surface area (Å²) < 4.78 is 45.3. The minimum Gasteiger partial charge on any atom is -0.490 e. The van der Waals surface area contributed by atoms with Crippen LogP contribution >= 0.6 is 0 Å². The zero-order valence-electron chi connectivity index (χ0n) is 19.5. The predicted octanol–water partition coefficient (Wildman–Crippen LogP) is 4.77. The van der Waals surface area contributed by atoms with Gasteiger partial charge in [-0.1, -0.05) is 18.2 Å². The zero-order chi connectivity index (χ0) is 24.8. The molecule has 0 fully saturated rings. The summed E-state index contributed by atoms with van der Waals surface area (Å²) in [6.45, 7) is 6.56. The van der Waals surface area contributed by atoms with Crippen LogP contribution in [0.4, 0.5) is 8.78 Å². The van der Waals surface area contributed by atoms with E-state index < -0.39 is 35.6 Å². The minimum atomic E-state index is -1.22. The molecule has 1 heterocycles. The number of carbonyl (C=O) groups is 2. The number of benzene rings is 2. The van der Waals surface area contributed by atoms with E-state index in [4.69, 9.17) is 14.2 Å². The summed E-state index contributed by atoms with van der Waals surface area (Å²) in [4.78, 5) is 26.1. The summed E-state index contributed by atoms with van der Waals surface area (Å²) in [7, 11) is 0. The summed E-state index contributed by atoms with van der Waals surface area (Å²) in [5, 5.41) is 2.97. The van der Waals surface area contributed by atoms with Crippen molar-refractivity contribution in [3.8, 4) is 5.75 Å². The van der Waals surface area contributed by atoms with Crippen LogP contribution in [-0.2, 0) is 19.1 Å². The van der Waals surface area contributed by atoms with Crippen LogP contribution in [0.3, 0.4) is 0 Å². The maximum absolute atomic E-state index is 14.9. The third-order valence-corrected chi connectivity index (χ3v) is 5.14. The van der Waals surface area contributed by atoms with Crippen molar-refractivity contribution in [2.24, 2.45) is 0 Å². The number of halogens is 2. The average Bonchev–Trinajstić information content (AvgIpc) is 2.77. The van der Waals surface area contributed by atoms with E-state index in [2.05, 4.69) is 5.32 Å². The molecule has 0 spiro atoms. The molecule has 0 radical (unpaired) electrons. The fourth-order valence-electron chi connectivity index (χ4n) is 3.75. The van der Waals surface area contributed by atoms with Gasteiger partial charge in [-0.2, -0.15) is 0 Å². The molecule has 8 heteroatoms. The molecule has 3 rings (SSSR count). The van der Waals surface area contributed by atoms with Crippen LogP contribution in [0, 0.1) is 11.6 Å². The number of para-hydroxylation sites is 1. The zero-order valence-corrected chi connectivity index (χ0v) is 19.5. The molecule has 1 unspecified atom stereocenters. The molecule has 0 aliphatic carbocycles. The van der Waals surface area contributed by atoms with Crippen molar-refractivity contribution in [2.45, 2.75) is 39.7 Å². The highest BCUT2D eigenvalue weighted by molar-refractivity contribution is 6.00. The van der Waals surface area contributed by atoms with Gasteiger partial charge in [0.2, 0.25) is 0 Å². The predicted molar refractivity (Wildman–Crippen MR) is 122 cm³/mol. The lowest BCUT2D eigenvalue weighted by molar-refractivity contribution is -0.143. The second-order valence-electron chi connectivity index (χ2n) is 8.05. The lowest BCUT2D eigenvalue weighted by Crippen LogP contribution is -2.34. The minimum absolute atomic E-state index is 0.00878. The van der Waals surface area contributed by atoms with Crippen LogP contribution in [0.25, 0.3) is 0 Å². The van der Waals surface area contributed by atoms with Crippen LogP contribution in [0.5, 0.6) is 5.75 Å². The summed E-state index contributed by atoms with van der Waals surface area (Å²) >= 11 is 0. The summed E-state index contributed by atoms with van der Waals surface area (Å²) in [5.41, 5.74) is 0.576. The van der Waals surface area contributed by atoms with E-state index in [1.165, 1.54) is 0 Å². The smallest absolute Gasteiger partial charge is 0.337 e. The number of hydrogen-bond acceptors (Lipinski definition) is 6. The van der Waals surface area contributed by atoms with Gasteiger partial charge in [-0.3, -0.25) is 0 Å². The monoisotopic (exact) mass is 471 g/mol. The van der Waals surface area contributed by atoms with Crippen molar-refractivity contribution < 1.29 is 32.6 Å². The third-order valence-electron chi connectivity index (χ3n) is 5.14. The van der Waals surface area contributed by atoms with E-state index in [0.717, 1.165) is 18.2 Å². The van der Waals surface area contributed by atoms with Gasteiger partial charge in [-0.15, -0.1) is 0 Å². The number of dihydropyridines is 1. The topological polar surface area (TPSA) is 73.9 Å². The van der Waals surface area contributed by atoms with Crippen molar-refractivity contribution in [3.05, 3.63) is 88.3 Å². The molecule has 1 atom stereocenters. The van der Waals surface area contributed by atoms with Gasteiger partial charge in [0.1, 0.15) is 30.6 Å². The van der Waals surface area contributed by atoms with E-state index in [1.807, 2.05) is 18.2 Å². The molecule has 0 aromatic heterocycles. The summed E-state index contributed by atoms with van der Waals surface area (Å²) in [6.07, 6.45) is -0.455. The standard InChI is InChI=1S/C26H27F2NO5/c1-15(2)34-26(31)23-17(4)29-16(3)22(24(23)20-14-18(27)10-11-21(20)28)25(30)33-13-12-32-19-8-6-5-7-9-19/h5-11,14-15,24,29H,12-13H2,1-4H3. The van der Waals surface area contributed by atoms with Gasteiger partial charge in [-0.05, 0) is 58.0 Å². The number of nitrogens with one attached hydrogen (secondary N) is 1. The van der Waals surface area contributed by atoms with Crippen molar-refractivity contribution in [1.82, 2.24) is 5.32 Å². The van der Waals surface area contributed by atoms with Gasteiger partial charge < -0.3 is 19.5 Å². The molecule has 2 aromatic carbocycles. The number of ether oxygens (including phenoxy) is 3. The highest BCUT2D eigenvalue weighted by Gasteiger charge is 2.39. The Labute approximate surface area is 197 Å². The van der Waals surface area contributed by atoms with Crippen LogP contribution in [0.1, 0.15) is 39.2 Å². The first-order valence-electron chi connectivity index (χ1n) is 10.9. The number of hydrogen-bond donors (Lipinski definition) is 1. The summed E-state index contributed by atoms with van der Waals surface area (Å²) in [6, 6.07) is 11.9. The Hall–Kier alpha value is -3.68. The van der Waals surface area contributed by atoms with Gasteiger partial charge in [0.25, 0.3) is 0 Å². The largest absolute Gasteiger partial charge is 0.490 e. The fourth-order valence-corrected chi connectivity index (χ4v) is 3.75. The van der Waals surface area contributed by atoms with Crippen LogP contribution in [-0.4, -0.2) is 31.3 Å². The number of carbonyl (C=O) groups excluding carboxylic acids is 2. The van der Waals surface area contributed by atoms with Gasteiger partial charge in [0, 0.05) is 17.0 Å². The molecule has 34 heavy (non-hydrogen) atoms. The summed E-state index contributed by atoms with van der Waals surface area (Å²) in [5.74, 6) is -3.58. The van der Waals surface area contributed by atoms with Crippen LogP contribution in [0.2, 0.25) is 0 Å². The third kappa shape index (κ3) is 5.81. The quantitative estimate of drug-likeness (QED) is 0.442. The molecule has 180 valence electrons. The fraction of sp³-hybridized carbons (Fsp3) is 0.308. The molecule has 2 aromatic rings. The van der Waals surface area contributed by atoms with E-state index >= 15 is 0 Å². The maximum atomic E-state index is 14.9. The Morgan fingerprint density at radius 1 is 0.941 bits per heavy atom. The van der Waals surface area contributed by atoms with E-state index in [-0.39, 0.29) is 29.9 Å². The molecule has 1 aliphatic rings. The van der Waals surface area contributed by atoms with Gasteiger partial charge in [-0.25, -0.2) is 18.4 Å². The molecular weight excluding hydrogens is 444 g/mol. The van der Waals surface area contributed by atoms with Gasteiger partial charge in [0.15, 0.2) is 0 Å². The van der Waals surface area contributed by atoms with Crippen molar-refractivity contribution in [3.63, 3.8) is 0 Å². The number of allylic oxidation sites excluding steroid dienone is 2. The lowest BCUT2D eigenvalue weighted by atomic mass is 9.80. The lowest BCUT2D eigenvalue weighted by Gasteiger charge is -2.31. The normalized spacial score (nSPS) is 15.8. The van der Waals surface area contributed by atoms with Gasteiger partial charge >= 0.3 is 11.9 Å². The van der Waals surface area contributed by atoms with E-state index in [0.29, 0.717) is 17.1 Å². The Morgan fingerprint density at radius 2 is 1.59 bits per heavy atom. The van der Waals surface area contributed by atoms with Crippen molar-refractivity contribution in [1.29, 1.82) is 0 Å². The molecule has 0 bridgehead atoms. The Bertz CT molecular complexity index is 1130. The SMILES string of the molecule is CC1=C(C(=O)OCCOc2ccccc2)C(c2cc(F)ccc2F)C(C(=O)OC(C)C)=C(C)N1. The Kier molecular flexibility index (Phi) is 8.04. The second kappa shape index (κ2) is 11.0. The first-order chi connectivity index (χ1) is 16.2. The molecule has 0 saturated heterocycles. The molecule has 0 saturated carbocycles. The molecule has 6 nitrogen and oxygen atoms in total. The molecule has 0 amide bonds. The van der Waals surface area contributed by atoms with Crippen molar-refractivity contribution in [2.75, 3.05) is 13.2 Å². The average molecular weight is 472 g/mol. The molecule has 1 aliphatic heterocycles. The Balaban J connectivity index is 1.91. The molecular formula is C26H27F2NO5. The number of esters is 2.